The molecule has 0 aromatic rings. The van der Waals surface area contributed by atoms with Gasteiger partial charge in [0, 0.05) is 19.0 Å². The van der Waals surface area contributed by atoms with Gasteiger partial charge in [-0.2, -0.15) is 0 Å². The summed E-state index contributed by atoms with van der Waals surface area (Å²) in [5.74, 6) is 1.23. The first-order valence-electron chi connectivity index (χ1n) is 6.09. The Kier molecular flexibility index (Phi) is 2.75. The molecular formula is C12H22N2O. The van der Waals surface area contributed by atoms with Crippen LogP contribution in [0.2, 0.25) is 0 Å². The van der Waals surface area contributed by atoms with Crippen LogP contribution in [-0.2, 0) is 4.79 Å². The van der Waals surface area contributed by atoms with Crippen molar-refractivity contribution < 1.29 is 4.79 Å². The van der Waals surface area contributed by atoms with Crippen molar-refractivity contribution >= 4 is 5.91 Å². The quantitative estimate of drug-likeness (QED) is 0.761. The van der Waals surface area contributed by atoms with Gasteiger partial charge in [-0.25, -0.2) is 0 Å². The molecule has 1 amide bonds. The van der Waals surface area contributed by atoms with Gasteiger partial charge in [-0.15, -0.1) is 0 Å². The molecule has 1 saturated heterocycles. The number of hydrogen-bond donors (Lipinski definition) is 1. The molecule has 2 fully saturated rings. The fourth-order valence-corrected chi connectivity index (χ4v) is 2.63. The number of likely N-dealkylation sites (tertiary alicyclic amines) is 1. The lowest BCUT2D eigenvalue weighted by Gasteiger charge is -2.17. The van der Waals surface area contributed by atoms with Gasteiger partial charge in [-0.05, 0) is 37.1 Å². The van der Waals surface area contributed by atoms with Gasteiger partial charge >= 0.3 is 0 Å². The van der Waals surface area contributed by atoms with E-state index in [1.165, 1.54) is 0 Å². The topological polar surface area (TPSA) is 46.3 Å². The second-order valence-corrected chi connectivity index (χ2v) is 5.44. The minimum atomic E-state index is 0.303. The number of carbonyl (C=O) groups excluding carboxylic acids is 1. The van der Waals surface area contributed by atoms with Gasteiger partial charge in [0.2, 0.25) is 5.91 Å². The van der Waals surface area contributed by atoms with Crippen LogP contribution in [0.5, 0.6) is 0 Å². The summed E-state index contributed by atoms with van der Waals surface area (Å²) in [6, 6.07) is 0. The lowest BCUT2D eigenvalue weighted by molar-refractivity contribution is -0.132. The van der Waals surface area contributed by atoms with E-state index < -0.39 is 0 Å². The fraction of sp³-hybridized carbons (Fsp3) is 0.917. The minimum absolute atomic E-state index is 0.303. The molecule has 2 aliphatic rings. The summed E-state index contributed by atoms with van der Waals surface area (Å²) in [5.41, 5.74) is 5.93. The first-order chi connectivity index (χ1) is 7.10. The third-order valence-corrected chi connectivity index (χ3v) is 4.39. The number of hydrogen-bond acceptors (Lipinski definition) is 2. The summed E-state index contributed by atoms with van der Waals surface area (Å²) in [6.07, 6.45) is 3.31. The molecule has 2 N–H and O–H groups in total. The van der Waals surface area contributed by atoms with E-state index in [-0.39, 0.29) is 0 Å². The third kappa shape index (κ3) is 1.89. The summed E-state index contributed by atoms with van der Waals surface area (Å²) >= 11 is 0. The van der Waals surface area contributed by atoms with Crippen LogP contribution in [-0.4, -0.2) is 30.4 Å². The molecule has 2 rings (SSSR count). The van der Waals surface area contributed by atoms with Gasteiger partial charge in [0.05, 0.1) is 0 Å². The maximum atomic E-state index is 12.1. The molecule has 0 spiro atoms. The van der Waals surface area contributed by atoms with Crippen molar-refractivity contribution in [1.29, 1.82) is 0 Å². The first kappa shape index (κ1) is 10.9. The molecule has 3 nitrogen and oxygen atoms in total. The van der Waals surface area contributed by atoms with E-state index in [9.17, 15) is 4.79 Å². The highest BCUT2D eigenvalue weighted by Crippen LogP contribution is 2.55. The molecule has 1 aliphatic heterocycles. The molecule has 0 bridgehead atoms. The number of amides is 1. The van der Waals surface area contributed by atoms with Crippen molar-refractivity contribution in [2.45, 2.75) is 33.1 Å². The molecule has 86 valence electrons. The number of carbonyl (C=O) groups is 1. The Morgan fingerprint density at radius 3 is 2.80 bits per heavy atom. The Balaban J connectivity index is 1.89. The second kappa shape index (κ2) is 3.78. The SMILES string of the molecule is CCC1(C)CC1C(=O)N1CCC(CN)C1. The van der Waals surface area contributed by atoms with Crippen molar-refractivity contribution in [3.05, 3.63) is 0 Å². The first-order valence-corrected chi connectivity index (χ1v) is 6.09. The summed E-state index contributed by atoms with van der Waals surface area (Å²) in [7, 11) is 0. The molecule has 3 atom stereocenters. The van der Waals surface area contributed by atoms with Gasteiger partial charge < -0.3 is 10.6 Å². The summed E-state index contributed by atoms with van der Waals surface area (Å²) in [5, 5.41) is 0. The van der Waals surface area contributed by atoms with Crippen molar-refractivity contribution in [3.8, 4) is 0 Å². The van der Waals surface area contributed by atoms with Crippen LogP contribution in [0.15, 0.2) is 0 Å². The zero-order valence-corrected chi connectivity index (χ0v) is 9.83. The zero-order valence-electron chi connectivity index (χ0n) is 9.83. The van der Waals surface area contributed by atoms with E-state index in [2.05, 4.69) is 13.8 Å². The van der Waals surface area contributed by atoms with Crippen molar-refractivity contribution in [3.63, 3.8) is 0 Å². The lowest BCUT2D eigenvalue weighted by atomic mass is 10.0. The smallest absolute Gasteiger partial charge is 0.226 e. The molecular weight excluding hydrogens is 188 g/mol. The average molecular weight is 210 g/mol. The molecule has 0 aromatic carbocycles. The van der Waals surface area contributed by atoms with Crippen LogP contribution < -0.4 is 5.73 Å². The van der Waals surface area contributed by atoms with Crippen LogP contribution in [0.3, 0.4) is 0 Å². The molecule has 0 aromatic heterocycles. The van der Waals surface area contributed by atoms with Gasteiger partial charge in [0.1, 0.15) is 0 Å². The molecule has 15 heavy (non-hydrogen) atoms. The highest BCUT2D eigenvalue weighted by Gasteiger charge is 2.54. The predicted octanol–water partition coefficient (Wildman–Crippen LogP) is 1.23. The summed E-state index contributed by atoms with van der Waals surface area (Å²) < 4.78 is 0. The minimum Gasteiger partial charge on any atom is -0.342 e. The van der Waals surface area contributed by atoms with Crippen LogP contribution >= 0.6 is 0 Å². The van der Waals surface area contributed by atoms with E-state index >= 15 is 0 Å². The average Bonchev–Trinajstić information content (AvgIpc) is 2.74. The van der Waals surface area contributed by atoms with Crippen LogP contribution in [0.4, 0.5) is 0 Å². The Morgan fingerprint density at radius 2 is 2.33 bits per heavy atom. The predicted molar refractivity (Wildman–Crippen MR) is 60.2 cm³/mol. The van der Waals surface area contributed by atoms with Crippen LogP contribution in [0, 0.1) is 17.3 Å². The molecule has 3 heteroatoms. The van der Waals surface area contributed by atoms with E-state index in [0.717, 1.165) is 38.9 Å². The normalized spacial score (nSPS) is 39.5. The van der Waals surface area contributed by atoms with Crippen LogP contribution in [0.1, 0.15) is 33.1 Å². The Hall–Kier alpha value is -0.570. The monoisotopic (exact) mass is 210 g/mol. The maximum Gasteiger partial charge on any atom is 0.226 e. The van der Waals surface area contributed by atoms with Crippen molar-refractivity contribution in [2.24, 2.45) is 23.0 Å². The number of rotatable bonds is 3. The second-order valence-electron chi connectivity index (χ2n) is 5.44. The van der Waals surface area contributed by atoms with Gasteiger partial charge in [0.25, 0.3) is 0 Å². The molecule has 0 radical (unpaired) electrons. The maximum absolute atomic E-state index is 12.1. The van der Waals surface area contributed by atoms with E-state index in [1.54, 1.807) is 0 Å². The van der Waals surface area contributed by atoms with Crippen molar-refractivity contribution in [2.75, 3.05) is 19.6 Å². The van der Waals surface area contributed by atoms with Crippen LogP contribution in [0.25, 0.3) is 0 Å². The molecule has 1 aliphatic carbocycles. The summed E-state index contributed by atoms with van der Waals surface area (Å²) in [6.45, 7) is 6.95. The van der Waals surface area contributed by atoms with E-state index in [4.69, 9.17) is 5.73 Å². The van der Waals surface area contributed by atoms with E-state index in [0.29, 0.717) is 23.2 Å². The molecule has 1 heterocycles. The highest BCUT2D eigenvalue weighted by atomic mass is 16.2. The standard InChI is InChI=1S/C12H22N2O/c1-3-12(2)6-10(12)11(15)14-5-4-9(7-13)8-14/h9-10H,3-8,13H2,1-2H3. The summed E-state index contributed by atoms with van der Waals surface area (Å²) in [4.78, 5) is 14.2. The van der Waals surface area contributed by atoms with Gasteiger partial charge in [0.15, 0.2) is 0 Å². The fourth-order valence-electron chi connectivity index (χ4n) is 2.63. The highest BCUT2D eigenvalue weighted by molar-refractivity contribution is 5.82. The van der Waals surface area contributed by atoms with Gasteiger partial charge in [-0.3, -0.25) is 4.79 Å². The largest absolute Gasteiger partial charge is 0.342 e. The zero-order chi connectivity index (χ0) is 11.1. The number of nitrogens with two attached hydrogens (primary N) is 1. The Labute approximate surface area is 92.0 Å². The number of nitrogens with zero attached hydrogens (tertiary/aromatic N) is 1. The van der Waals surface area contributed by atoms with E-state index in [1.807, 2.05) is 4.90 Å². The molecule has 1 saturated carbocycles. The third-order valence-electron chi connectivity index (χ3n) is 4.39. The Bertz CT molecular complexity index is 266. The lowest BCUT2D eigenvalue weighted by Crippen LogP contribution is -2.32. The Morgan fingerprint density at radius 1 is 1.60 bits per heavy atom. The van der Waals surface area contributed by atoms with Gasteiger partial charge in [-0.1, -0.05) is 13.8 Å². The van der Waals surface area contributed by atoms with Crippen molar-refractivity contribution in [1.82, 2.24) is 4.90 Å². The molecule has 3 unspecified atom stereocenters.